The average Bonchev–Trinajstić information content (AvgIpc) is 2.29. The van der Waals surface area contributed by atoms with E-state index in [1.165, 1.54) is 0 Å². The Morgan fingerprint density at radius 2 is 1.61 bits per heavy atom. The lowest BCUT2D eigenvalue weighted by atomic mass is 10.3. The maximum Gasteiger partial charge on any atom is 0.361 e. The zero-order chi connectivity index (χ0) is 13.6. The van der Waals surface area contributed by atoms with Gasteiger partial charge < -0.3 is 14.4 Å². The molecule has 1 rings (SSSR count). The molecule has 0 radical (unpaired) electrons. The maximum atomic E-state index is 12.5. The van der Waals surface area contributed by atoms with Crippen molar-refractivity contribution >= 4 is 18.6 Å². The lowest BCUT2D eigenvalue weighted by Crippen LogP contribution is -2.13. The molecule has 0 aliphatic heterocycles. The van der Waals surface area contributed by atoms with E-state index in [2.05, 4.69) is 19.2 Å². The molecule has 4 nitrogen and oxygen atoms in total. The Morgan fingerprint density at radius 3 is 2.00 bits per heavy atom. The Hall–Kier alpha value is -0.830. The normalized spacial score (nSPS) is 11.8. The van der Waals surface area contributed by atoms with Crippen LogP contribution >= 0.6 is 7.60 Å². The zero-order valence-electron chi connectivity index (χ0n) is 11.5. The SMILES string of the molecule is CCOP(=O)(OCC)c1ccc(NC(C)C)cc1. The Balaban J connectivity index is 2.90. The molecule has 0 unspecified atom stereocenters. The topological polar surface area (TPSA) is 47.6 Å². The van der Waals surface area contributed by atoms with Crippen LogP contribution in [0.25, 0.3) is 0 Å². The molecule has 0 saturated carbocycles. The number of nitrogens with one attached hydrogen (secondary N) is 1. The second-order valence-corrected chi connectivity index (χ2v) is 6.21. The van der Waals surface area contributed by atoms with Crippen LogP contribution in [-0.2, 0) is 13.6 Å². The Kier molecular flexibility index (Phi) is 5.86. The van der Waals surface area contributed by atoms with Crippen molar-refractivity contribution in [1.82, 2.24) is 0 Å². The van der Waals surface area contributed by atoms with Crippen LogP contribution in [0.3, 0.4) is 0 Å². The van der Waals surface area contributed by atoms with E-state index in [1.807, 2.05) is 12.1 Å². The van der Waals surface area contributed by atoms with Crippen molar-refractivity contribution in [2.24, 2.45) is 0 Å². The Bertz CT molecular complexity index is 393. The fourth-order valence-electron chi connectivity index (χ4n) is 1.60. The molecule has 0 spiro atoms. The zero-order valence-corrected chi connectivity index (χ0v) is 12.4. The van der Waals surface area contributed by atoms with Gasteiger partial charge >= 0.3 is 7.60 Å². The Morgan fingerprint density at radius 1 is 1.11 bits per heavy atom. The van der Waals surface area contributed by atoms with Crippen molar-refractivity contribution < 1.29 is 13.6 Å². The van der Waals surface area contributed by atoms with Crippen molar-refractivity contribution in [3.63, 3.8) is 0 Å². The summed E-state index contributed by atoms with van der Waals surface area (Å²) in [6.45, 7) is 8.48. The summed E-state index contributed by atoms with van der Waals surface area (Å²) in [4.78, 5) is 0. The lowest BCUT2D eigenvalue weighted by Gasteiger charge is -2.18. The van der Waals surface area contributed by atoms with E-state index in [0.29, 0.717) is 24.6 Å². The summed E-state index contributed by atoms with van der Waals surface area (Å²) in [6, 6.07) is 7.72. The van der Waals surface area contributed by atoms with Gasteiger partial charge in [-0.15, -0.1) is 0 Å². The third-order valence-electron chi connectivity index (χ3n) is 2.24. The molecule has 0 amide bonds. The lowest BCUT2D eigenvalue weighted by molar-refractivity contribution is 0.230. The largest absolute Gasteiger partial charge is 0.383 e. The van der Waals surface area contributed by atoms with Crippen molar-refractivity contribution in [1.29, 1.82) is 0 Å². The number of rotatable bonds is 7. The minimum absolute atomic E-state index is 0.362. The molecule has 1 aromatic rings. The molecular weight excluding hydrogens is 249 g/mol. The summed E-state index contributed by atoms with van der Waals surface area (Å²) in [5.41, 5.74) is 0.994. The highest BCUT2D eigenvalue weighted by molar-refractivity contribution is 7.62. The van der Waals surface area contributed by atoms with Crippen LogP contribution in [0.5, 0.6) is 0 Å². The molecule has 102 valence electrons. The fourth-order valence-corrected chi connectivity index (χ4v) is 3.17. The Labute approximate surface area is 109 Å². The molecule has 0 bridgehead atoms. The minimum atomic E-state index is -3.15. The molecular formula is C13H22NO3P. The van der Waals surface area contributed by atoms with Gasteiger partial charge in [-0.3, -0.25) is 4.57 Å². The van der Waals surface area contributed by atoms with E-state index < -0.39 is 7.60 Å². The summed E-state index contributed by atoms with van der Waals surface area (Å²) in [5, 5.41) is 3.87. The predicted molar refractivity (Wildman–Crippen MR) is 75.7 cm³/mol. The van der Waals surface area contributed by atoms with Crippen LogP contribution < -0.4 is 10.6 Å². The molecule has 0 atom stereocenters. The summed E-state index contributed by atoms with van der Waals surface area (Å²) >= 11 is 0. The van der Waals surface area contributed by atoms with Gasteiger partial charge in [0.05, 0.1) is 18.5 Å². The molecule has 0 saturated heterocycles. The highest BCUT2D eigenvalue weighted by atomic mass is 31.2. The summed E-state index contributed by atoms with van der Waals surface area (Å²) in [7, 11) is -3.15. The van der Waals surface area contributed by atoms with Gasteiger partial charge in [-0.1, -0.05) is 0 Å². The van der Waals surface area contributed by atoms with Crippen LogP contribution in [0.2, 0.25) is 0 Å². The molecule has 1 aromatic carbocycles. The third kappa shape index (κ3) is 4.13. The number of hydrogen-bond acceptors (Lipinski definition) is 4. The first-order valence-corrected chi connectivity index (χ1v) is 7.82. The molecule has 1 N–H and O–H groups in total. The van der Waals surface area contributed by atoms with E-state index in [0.717, 1.165) is 5.69 Å². The first-order chi connectivity index (χ1) is 8.51. The second-order valence-electron chi connectivity index (χ2n) is 4.18. The van der Waals surface area contributed by atoms with E-state index in [1.54, 1.807) is 26.0 Å². The minimum Gasteiger partial charge on any atom is -0.383 e. The van der Waals surface area contributed by atoms with Gasteiger partial charge in [-0.25, -0.2) is 0 Å². The second kappa shape index (κ2) is 6.93. The van der Waals surface area contributed by atoms with Crippen LogP contribution in [0.1, 0.15) is 27.7 Å². The van der Waals surface area contributed by atoms with Gasteiger partial charge in [0.15, 0.2) is 0 Å². The molecule has 0 fully saturated rings. The van der Waals surface area contributed by atoms with Crippen molar-refractivity contribution in [3.8, 4) is 0 Å². The van der Waals surface area contributed by atoms with Gasteiger partial charge in [0.2, 0.25) is 0 Å². The van der Waals surface area contributed by atoms with Crippen molar-refractivity contribution in [2.45, 2.75) is 33.7 Å². The van der Waals surface area contributed by atoms with Crippen molar-refractivity contribution in [2.75, 3.05) is 18.5 Å². The van der Waals surface area contributed by atoms with Gasteiger partial charge in [0.1, 0.15) is 0 Å². The quantitative estimate of drug-likeness (QED) is 0.772. The van der Waals surface area contributed by atoms with Gasteiger partial charge in [0, 0.05) is 11.7 Å². The van der Waals surface area contributed by atoms with Crippen LogP contribution in [0.4, 0.5) is 5.69 Å². The van der Waals surface area contributed by atoms with Crippen LogP contribution in [0.15, 0.2) is 24.3 Å². The predicted octanol–water partition coefficient (Wildman–Crippen LogP) is 3.40. The summed E-state index contributed by atoms with van der Waals surface area (Å²) < 4.78 is 23.1. The maximum absolute atomic E-state index is 12.5. The third-order valence-corrected chi connectivity index (χ3v) is 4.36. The van der Waals surface area contributed by atoms with Gasteiger partial charge in [-0.2, -0.15) is 0 Å². The summed E-state index contributed by atoms with van der Waals surface area (Å²) in [6.07, 6.45) is 0. The molecule has 0 heterocycles. The molecule has 0 aliphatic rings. The standard InChI is InChI=1S/C13H22NO3P/c1-5-16-18(15,17-6-2)13-9-7-12(8-10-13)14-11(3)4/h7-11,14H,5-6H2,1-4H3. The van der Waals surface area contributed by atoms with E-state index in [-0.39, 0.29) is 0 Å². The van der Waals surface area contributed by atoms with E-state index in [9.17, 15) is 4.57 Å². The number of benzene rings is 1. The fraction of sp³-hybridized carbons (Fsp3) is 0.538. The van der Waals surface area contributed by atoms with Crippen molar-refractivity contribution in [3.05, 3.63) is 24.3 Å². The first kappa shape index (κ1) is 15.2. The summed E-state index contributed by atoms with van der Waals surface area (Å²) in [5.74, 6) is 0. The number of hydrogen-bond donors (Lipinski definition) is 1. The monoisotopic (exact) mass is 271 g/mol. The van der Waals surface area contributed by atoms with E-state index >= 15 is 0 Å². The van der Waals surface area contributed by atoms with E-state index in [4.69, 9.17) is 9.05 Å². The molecule has 0 aliphatic carbocycles. The first-order valence-electron chi connectivity index (χ1n) is 6.28. The highest BCUT2D eigenvalue weighted by Crippen LogP contribution is 2.46. The van der Waals surface area contributed by atoms with Crippen LogP contribution in [-0.4, -0.2) is 19.3 Å². The molecule has 0 aromatic heterocycles. The smallest absolute Gasteiger partial charge is 0.361 e. The van der Waals surface area contributed by atoms with Crippen LogP contribution in [0, 0.1) is 0 Å². The molecule has 5 heteroatoms. The molecule has 18 heavy (non-hydrogen) atoms. The van der Waals surface area contributed by atoms with Gasteiger partial charge in [0.25, 0.3) is 0 Å². The number of anilines is 1. The van der Waals surface area contributed by atoms with Gasteiger partial charge in [-0.05, 0) is 52.0 Å². The highest BCUT2D eigenvalue weighted by Gasteiger charge is 2.26. The average molecular weight is 271 g/mol.